The van der Waals surface area contributed by atoms with E-state index in [2.05, 4.69) is 33.6 Å². The highest BCUT2D eigenvalue weighted by atomic mass is 32.1. The van der Waals surface area contributed by atoms with Gasteiger partial charge in [-0.2, -0.15) is 0 Å². The first-order valence-electron chi connectivity index (χ1n) is 8.35. The van der Waals surface area contributed by atoms with Gasteiger partial charge in [0.1, 0.15) is 0 Å². The van der Waals surface area contributed by atoms with E-state index in [0.29, 0.717) is 29.8 Å². The molecule has 0 aliphatic carbocycles. The number of carbonyl (C=O) groups is 2. The van der Waals surface area contributed by atoms with Gasteiger partial charge >= 0.3 is 0 Å². The van der Waals surface area contributed by atoms with Crippen LogP contribution in [0.3, 0.4) is 0 Å². The Hall–Kier alpha value is -2.80. The van der Waals surface area contributed by atoms with E-state index in [9.17, 15) is 9.59 Å². The van der Waals surface area contributed by atoms with Crippen molar-refractivity contribution in [1.29, 1.82) is 0 Å². The van der Waals surface area contributed by atoms with E-state index in [-0.39, 0.29) is 17.9 Å². The fraction of sp³-hybridized carbons (Fsp3) is 0.211. The summed E-state index contributed by atoms with van der Waals surface area (Å²) in [7, 11) is 0. The molecule has 6 nitrogen and oxygen atoms in total. The van der Waals surface area contributed by atoms with Crippen LogP contribution in [0.4, 0.5) is 11.4 Å². The first kappa shape index (κ1) is 18.0. The average molecular weight is 368 g/mol. The molecule has 2 aromatic rings. The Bertz CT molecular complexity index is 821. The maximum atomic E-state index is 12.4. The van der Waals surface area contributed by atoms with Crippen LogP contribution in [-0.2, 0) is 4.79 Å². The first-order valence-corrected chi connectivity index (χ1v) is 8.80. The molecule has 0 radical (unpaired) electrons. The zero-order chi connectivity index (χ0) is 18.4. The largest absolute Gasteiger partial charge is 0.374 e. The summed E-state index contributed by atoms with van der Waals surface area (Å²) in [6.45, 7) is 0.775. The number of nitrogens with zero attached hydrogens (tertiary/aromatic N) is 1. The van der Waals surface area contributed by atoms with E-state index in [1.54, 1.807) is 54.9 Å². The molecule has 7 heteroatoms. The van der Waals surface area contributed by atoms with Crippen molar-refractivity contribution in [2.75, 3.05) is 17.2 Å². The van der Waals surface area contributed by atoms with Crippen molar-refractivity contribution in [2.45, 2.75) is 23.8 Å². The van der Waals surface area contributed by atoms with Gasteiger partial charge in [-0.15, -0.1) is 12.6 Å². The number of hydrogen-bond donors (Lipinski definition) is 4. The topological polar surface area (TPSA) is 82.6 Å². The van der Waals surface area contributed by atoms with Gasteiger partial charge in [0.05, 0.1) is 12.4 Å². The Balaban J connectivity index is 1.56. The molecule has 134 valence electrons. The highest BCUT2D eigenvalue weighted by molar-refractivity contribution is 7.80. The second kappa shape index (κ2) is 8.53. The van der Waals surface area contributed by atoms with Crippen molar-refractivity contribution in [2.24, 2.45) is 4.99 Å². The molecule has 2 aromatic carbocycles. The number of carbonyl (C=O) groups excluding carboxylic acids is 2. The SMILES string of the molecule is O=C(CCC1CNC=N1)Nc1cccc(C(=O)Nc2ccc(S)cc2)c1. The second-order valence-electron chi connectivity index (χ2n) is 6.01. The van der Waals surface area contributed by atoms with Crippen LogP contribution >= 0.6 is 12.6 Å². The molecular formula is C19H20N4O2S. The highest BCUT2D eigenvalue weighted by Gasteiger charge is 2.13. The van der Waals surface area contributed by atoms with Gasteiger partial charge in [0.25, 0.3) is 5.91 Å². The van der Waals surface area contributed by atoms with E-state index >= 15 is 0 Å². The summed E-state index contributed by atoms with van der Waals surface area (Å²) >= 11 is 4.22. The molecule has 3 N–H and O–H groups in total. The van der Waals surface area contributed by atoms with Crippen molar-refractivity contribution in [3.05, 3.63) is 54.1 Å². The van der Waals surface area contributed by atoms with Gasteiger partial charge in [-0.25, -0.2) is 0 Å². The Morgan fingerprint density at radius 1 is 1.12 bits per heavy atom. The Morgan fingerprint density at radius 3 is 2.65 bits per heavy atom. The molecule has 0 spiro atoms. The molecule has 1 aliphatic heterocycles. The van der Waals surface area contributed by atoms with Crippen molar-refractivity contribution in [3.8, 4) is 0 Å². The quantitative estimate of drug-likeness (QED) is 0.592. The van der Waals surface area contributed by atoms with Crippen LogP contribution in [0.15, 0.2) is 58.4 Å². The lowest BCUT2D eigenvalue weighted by Crippen LogP contribution is -2.19. The van der Waals surface area contributed by atoms with Gasteiger partial charge in [0.2, 0.25) is 5.91 Å². The molecule has 1 atom stereocenters. The van der Waals surface area contributed by atoms with Crippen molar-refractivity contribution < 1.29 is 9.59 Å². The van der Waals surface area contributed by atoms with Gasteiger partial charge in [-0.1, -0.05) is 6.07 Å². The summed E-state index contributed by atoms with van der Waals surface area (Å²) in [5.41, 5.74) is 1.76. The van der Waals surface area contributed by atoms with E-state index < -0.39 is 0 Å². The van der Waals surface area contributed by atoms with Crippen LogP contribution in [0.25, 0.3) is 0 Å². The summed E-state index contributed by atoms with van der Waals surface area (Å²) in [5, 5.41) is 8.67. The third-order valence-corrected chi connectivity index (χ3v) is 4.27. The first-order chi connectivity index (χ1) is 12.6. The molecular weight excluding hydrogens is 348 g/mol. The molecule has 26 heavy (non-hydrogen) atoms. The number of hydrogen-bond acceptors (Lipinski definition) is 5. The van der Waals surface area contributed by atoms with Crippen LogP contribution in [0.1, 0.15) is 23.2 Å². The monoisotopic (exact) mass is 368 g/mol. The van der Waals surface area contributed by atoms with Gasteiger partial charge in [-0.05, 0) is 48.9 Å². The summed E-state index contributed by atoms with van der Waals surface area (Å²) < 4.78 is 0. The molecule has 1 unspecified atom stereocenters. The number of benzene rings is 2. The zero-order valence-electron chi connectivity index (χ0n) is 14.1. The molecule has 2 amide bonds. The zero-order valence-corrected chi connectivity index (χ0v) is 15.0. The van der Waals surface area contributed by atoms with E-state index in [0.717, 1.165) is 11.4 Å². The van der Waals surface area contributed by atoms with Crippen molar-refractivity contribution in [3.63, 3.8) is 0 Å². The normalized spacial score (nSPS) is 15.3. The van der Waals surface area contributed by atoms with Gasteiger partial charge in [-0.3, -0.25) is 14.6 Å². The minimum absolute atomic E-state index is 0.0889. The van der Waals surface area contributed by atoms with Crippen LogP contribution in [0, 0.1) is 0 Å². The highest BCUT2D eigenvalue weighted by Crippen LogP contribution is 2.16. The summed E-state index contributed by atoms with van der Waals surface area (Å²) in [5.74, 6) is -0.326. The predicted molar refractivity (Wildman–Crippen MR) is 106 cm³/mol. The molecule has 1 heterocycles. The molecule has 3 rings (SSSR count). The lowest BCUT2D eigenvalue weighted by Gasteiger charge is -2.09. The molecule has 1 aliphatic rings. The van der Waals surface area contributed by atoms with Crippen LogP contribution in [-0.4, -0.2) is 30.7 Å². The lowest BCUT2D eigenvalue weighted by molar-refractivity contribution is -0.116. The average Bonchev–Trinajstić information content (AvgIpc) is 3.16. The maximum absolute atomic E-state index is 12.4. The Labute approximate surface area is 157 Å². The third kappa shape index (κ3) is 5.10. The number of amides is 2. The molecule has 0 saturated carbocycles. The Morgan fingerprint density at radius 2 is 1.92 bits per heavy atom. The molecule has 0 fully saturated rings. The smallest absolute Gasteiger partial charge is 0.255 e. The number of anilines is 2. The summed E-state index contributed by atoms with van der Waals surface area (Å²) in [6, 6.07) is 14.2. The molecule has 0 bridgehead atoms. The number of rotatable bonds is 6. The minimum atomic E-state index is -0.237. The fourth-order valence-corrected chi connectivity index (χ4v) is 2.73. The maximum Gasteiger partial charge on any atom is 0.255 e. The Kier molecular flexibility index (Phi) is 5.91. The van der Waals surface area contributed by atoms with E-state index in [4.69, 9.17) is 0 Å². The summed E-state index contributed by atoms with van der Waals surface area (Å²) in [4.78, 5) is 29.5. The minimum Gasteiger partial charge on any atom is -0.374 e. The van der Waals surface area contributed by atoms with Crippen LogP contribution < -0.4 is 16.0 Å². The van der Waals surface area contributed by atoms with Crippen molar-refractivity contribution >= 4 is 42.2 Å². The third-order valence-electron chi connectivity index (χ3n) is 3.97. The van der Waals surface area contributed by atoms with Gasteiger partial charge in [0, 0.05) is 34.8 Å². The van der Waals surface area contributed by atoms with Crippen LogP contribution in [0.5, 0.6) is 0 Å². The van der Waals surface area contributed by atoms with Gasteiger partial charge < -0.3 is 16.0 Å². The van der Waals surface area contributed by atoms with E-state index in [1.807, 2.05) is 0 Å². The molecule has 0 saturated heterocycles. The molecule has 0 aromatic heterocycles. The predicted octanol–water partition coefficient (Wildman–Crippen LogP) is 2.95. The van der Waals surface area contributed by atoms with Crippen molar-refractivity contribution in [1.82, 2.24) is 5.32 Å². The lowest BCUT2D eigenvalue weighted by atomic mass is 10.1. The number of thiol groups is 1. The number of aliphatic imine (C=N–C) groups is 1. The standard InChI is InChI=1S/C19H20N4O2S/c24-18(9-6-16-11-20-12-21-16)22-15-3-1-2-13(10-15)19(25)23-14-4-7-17(26)8-5-14/h1-5,7-8,10,12,16,26H,6,9,11H2,(H,20,21)(H,22,24)(H,23,25). The van der Waals surface area contributed by atoms with Crippen LogP contribution in [0.2, 0.25) is 0 Å². The second-order valence-corrected chi connectivity index (χ2v) is 6.53. The summed E-state index contributed by atoms with van der Waals surface area (Å²) in [6.07, 6.45) is 2.75. The van der Waals surface area contributed by atoms with Gasteiger partial charge in [0.15, 0.2) is 0 Å². The fourth-order valence-electron chi connectivity index (χ4n) is 2.58. The number of nitrogens with one attached hydrogen (secondary N) is 3. The van der Waals surface area contributed by atoms with E-state index in [1.165, 1.54) is 0 Å².